The third-order valence-corrected chi connectivity index (χ3v) is 8.35. The molecule has 1 saturated heterocycles. The number of rotatable bonds is 9. The topological polar surface area (TPSA) is 83.3 Å². The average Bonchev–Trinajstić information content (AvgIpc) is 3.63. The van der Waals surface area contributed by atoms with Gasteiger partial charge in [0.05, 0.1) is 41.4 Å². The van der Waals surface area contributed by atoms with Crippen molar-refractivity contribution < 1.29 is 14.0 Å². The van der Waals surface area contributed by atoms with Gasteiger partial charge in [-0.2, -0.15) is 15.3 Å². The van der Waals surface area contributed by atoms with Crippen molar-refractivity contribution in [1.82, 2.24) is 20.0 Å². The lowest BCUT2D eigenvalue weighted by Gasteiger charge is -2.42. The van der Waals surface area contributed by atoms with Crippen LogP contribution in [-0.2, 0) is 9.31 Å². The Hall–Kier alpha value is -3.43. The van der Waals surface area contributed by atoms with Crippen LogP contribution in [-0.4, -0.2) is 52.5 Å². The maximum atomic E-state index is 6.84. The summed E-state index contributed by atoms with van der Waals surface area (Å²) < 4.78 is 21.5. The second-order valence-electron chi connectivity index (χ2n) is 9.77. The summed E-state index contributed by atoms with van der Waals surface area (Å²) in [6, 6.07) is 12.3. The number of hydrogen-bond acceptors (Lipinski definition) is 7. The predicted octanol–water partition coefficient (Wildman–Crippen LogP) is 5.39. The van der Waals surface area contributed by atoms with Crippen LogP contribution in [0.3, 0.4) is 0 Å². The molecule has 38 heavy (non-hydrogen) atoms. The van der Waals surface area contributed by atoms with Gasteiger partial charge in [-0.25, -0.2) is 4.68 Å². The Labute approximate surface area is 224 Å². The van der Waals surface area contributed by atoms with E-state index in [1.54, 1.807) is 19.5 Å². The quantitative estimate of drug-likeness (QED) is 0.301. The first-order valence-electron chi connectivity index (χ1n) is 13.5. The zero-order valence-corrected chi connectivity index (χ0v) is 23.1. The van der Waals surface area contributed by atoms with E-state index in [9.17, 15) is 0 Å². The van der Waals surface area contributed by atoms with Crippen molar-refractivity contribution in [3.05, 3.63) is 55.0 Å². The van der Waals surface area contributed by atoms with Crippen LogP contribution >= 0.6 is 0 Å². The Bertz CT molecular complexity index is 1400. The van der Waals surface area contributed by atoms with Gasteiger partial charge in [0.25, 0.3) is 0 Å². The molecule has 0 amide bonds. The second kappa shape index (κ2) is 10.4. The molecule has 0 radical (unpaired) electrons. The number of ether oxygens (including phenoxy) is 1. The van der Waals surface area contributed by atoms with Gasteiger partial charge in [0.2, 0.25) is 0 Å². The maximum Gasteiger partial charge on any atom is 0.498 e. The number of anilines is 1. The van der Waals surface area contributed by atoms with Gasteiger partial charge in [-0.15, -0.1) is 0 Å². The maximum absolute atomic E-state index is 6.84. The molecule has 4 aromatic rings. The number of methoxy groups -OCH3 is 1. The van der Waals surface area contributed by atoms with Crippen molar-refractivity contribution in [3.8, 4) is 22.6 Å². The van der Waals surface area contributed by atoms with Crippen LogP contribution in [0.15, 0.2) is 55.0 Å². The summed E-state index contributed by atoms with van der Waals surface area (Å²) in [7, 11) is 3.02. The van der Waals surface area contributed by atoms with Crippen LogP contribution < -0.4 is 15.5 Å². The fourth-order valence-electron chi connectivity index (χ4n) is 6.10. The van der Waals surface area contributed by atoms with Crippen LogP contribution in [0, 0.1) is 0 Å². The van der Waals surface area contributed by atoms with Crippen LogP contribution in [0.25, 0.3) is 27.7 Å². The highest BCUT2D eigenvalue weighted by Crippen LogP contribution is 2.47. The normalized spacial score (nSPS) is 16.2. The van der Waals surface area contributed by atoms with E-state index in [1.807, 2.05) is 30.1 Å². The molecule has 8 nitrogen and oxygen atoms in total. The van der Waals surface area contributed by atoms with E-state index < -0.39 is 7.12 Å². The molecule has 0 saturated carbocycles. The van der Waals surface area contributed by atoms with Crippen LogP contribution in [0.5, 0.6) is 5.75 Å². The molecule has 3 heterocycles. The van der Waals surface area contributed by atoms with Gasteiger partial charge in [-0.1, -0.05) is 33.8 Å². The number of nitrogens with zero attached hydrogens (tertiary/aromatic N) is 4. The smallest absolute Gasteiger partial charge is 0.497 e. The molecular formula is C29H36BN5O3. The summed E-state index contributed by atoms with van der Waals surface area (Å²) in [5, 5.41) is 17.3. The van der Waals surface area contributed by atoms with Crippen molar-refractivity contribution in [2.75, 3.05) is 19.5 Å². The molecule has 1 aliphatic heterocycles. The Kier molecular flexibility index (Phi) is 7.16. The molecule has 1 fully saturated rings. The molecule has 0 atom stereocenters. The van der Waals surface area contributed by atoms with E-state index in [0.717, 1.165) is 64.6 Å². The summed E-state index contributed by atoms with van der Waals surface area (Å²) >= 11 is 0. The van der Waals surface area contributed by atoms with Crippen molar-refractivity contribution in [2.24, 2.45) is 0 Å². The lowest BCUT2D eigenvalue weighted by molar-refractivity contribution is -0.0601. The largest absolute Gasteiger partial charge is 0.498 e. The Morgan fingerprint density at radius 2 is 1.71 bits per heavy atom. The number of nitrogens with one attached hydrogen (secondary N) is 1. The first-order valence-corrected chi connectivity index (χ1v) is 13.5. The van der Waals surface area contributed by atoms with E-state index in [-0.39, 0.29) is 11.2 Å². The summed E-state index contributed by atoms with van der Waals surface area (Å²) in [5.74, 6) is 0.700. The van der Waals surface area contributed by atoms with Gasteiger partial charge in [-0.3, -0.25) is 0 Å². The number of benzene rings is 2. The van der Waals surface area contributed by atoms with Gasteiger partial charge >= 0.3 is 7.12 Å². The lowest BCUT2D eigenvalue weighted by atomic mass is 9.75. The Balaban J connectivity index is 1.70. The highest BCUT2D eigenvalue weighted by Gasteiger charge is 2.59. The second-order valence-corrected chi connectivity index (χ2v) is 9.77. The van der Waals surface area contributed by atoms with E-state index in [4.69, 9.17) is 14.0 Å². The molecule has 198 valence electrons. The predicted molar refractivity (Wildman–Crippen MR) is 152 cm³/mol. The molecule has 1 N–H and O–H groups in total. The first-order chi connectivity index (χ1) is 18.5. The molecular weight excluding hydrogens is 477 g/mol. The number of fused-ring (bicyclic) bond motifs is 1. The van der Waals surface area contributed by atoms with Crippen LogP contribution in [0.2, 0.25) is 0 Å². The standard InChI is InChI=1S/C29H36BN5O3/c1-7-28(8-2)29(9-3,10-4)38-30(37-28)23-17-22(26(18-27(23)36-6)35-15-11-14-33-35)20-12-13-21-24(16-20)34-32-19-25(21)31-5/h11-19H,7-10H2,1-6H3,(H,31,34). The molecule has 0 spiro atoms. The van der Waals surface area contributed by atoms with Crippen LogP contribution in [0.4, 0.5) is 5.69 Å². The monoisotopic (exact) mass is 513 g/mol. The average molecular weight is 513 g/mol. The van der Waals surface area contributed by atoms with Crippen molar-refractivity contribution in [3.63, 3.8) is 0 Å². The molecule has 5 rings (SSSR count). The van der Waals surface area contributed by atoms with Crippen molar-refractivity contribution >= 4 is 29.2 Å². The molecule has 0 bridgehead atoms. The summed E-state index contributed by atoms with van der Waals surface area (Å²) in [4.78, 5) is 0. The van der Waals surface area contributed by atoms with Gasteiger partial charge in [0, 0.05) is 41.9 Å². The molecule has 0 unspecified atom stereocenters. The van der Waals surface area contributed by atoms with Gasteiger partial charge in [-0.05, 0) is 55.5 Å². The van der Waals surface area contributed by atoms with Gasteiger partial charge in [0.1, 0.15) is 5.75 Å². The lowest BCUT2D eigenvalue weighted by Crippen LogP contribution is -2.50. The minimum atomic E-state index is -0.550. The SMILES string of the molecule is CCC1(CC)OB(c2cc(-c3ccc4c(NC)cnnc4c3)c(-n3cccn3)cc2OC)OC1(CC)CC. The highest BCUT2D eigenvalue weighted by atomic mass is 16.7. The molecule has 2 aromatic heterocycles. The third-order valence-electron chi connectivity index (χ3n) is 8.35. The van der Waals surface area contributed by atoms with Crippen molar-refractivity contribution in [2.45, 2.75) is 64.6 Å². The zero-order valence-electron chi connectivity index (χ0n) is 23.1. The Morgan fingerprint density at radius 3 is 2.29 bits per heavy atom. The van der Waals surface area contributed by atoms with E-state index in [1.165, 1.54) is 0 Å². The molecule has 9 heteroatoms. The summed E-state index contributed by atoms with van der Waals surface area (Å²) in [6.45, 7) is 8.76. The highest BCUT2D eigenvalue weighted by molar-refractivity contribution is 6.63. The first kappa shape index (κ1) is 26.2. The summed E-state index contributed by atoms with van der Waals surface area (Å²) in [5.41, 5.74) is 4.72. The minimum Gasteiger partial charge on any atom is -0.497 e. The van der Waals surface area contributed by atoms with Gasteiger partial charge < -0.3 is 19.4 Å². The minimum absolute atomic E-state index is 0.366. The molecule has 1 aliphatic rings. The fraction of sp³-hybridized carbons (Fsp3) is 0.414. The Morgan fingerprint density at radius 1 is 1.00 bits per heavy atom. The molecule has 2 aromatic carbocycles. The van der Waals surface area contributed by atoms with E-state index in [2.05, 4.69) is 72.6 Å². The van der Waals surface area contributed by atoms with Crippen molar-refractivity contribution in [1.29, 1.82) is 0 Å². The van der Waals surface area contributed by atoms with E-state index >= 15 is 0 Å². The zero-order chi connectivity index (χ0) is 26.9. The van der Waals surface area contributed by atoms with Crippen LogP contribution in [0.1, 0.15) is 53.4 Å². The number of aromatic nitrogens is 4. The molecule has 0 aliphatic carbocycles. The van der Waals surface area contributed by atoms with E-state index in [0.29, 0.717) is 5.75 Å². The summed E-state index contributed by atoms with van der Waals surface area (Å²) in [6.07, 6.45) is 8.93. The third kappa shape index (κ3) is 4.05. The van der Waals surface area contributed by atoms with Gasteiger partial charge in [0.15, 0.2) is 0 Å². The number of hydrogen-bond donors (Lipinski definition) is 1. The fourth-order valence-corrected chi connectivity index (χ4v) is 6.10.